The summed E-state index contributed by atoms with van der Waals surface area (Å²) >= 11 is 0. The lowest BCUT2D eigenvalue weighted by Crippen LogP contribution is -2.51. The summed E-state index contributed by atoms with van der Waals surface area (Å²) in [7, 11) is 0. The highest BCUT2D eigenvalue weighted by Crippen LogP contribution is 2.63. The van der Waals surface area contributed by atoms with E-state index in [0.29, 0.717) is 25.0 Å². The van der Waals surface area contributed by atoms with Gasteiger partial charge in [-0.1, -0.05) is 203 Å². The van der Waals surface area contributed by atoms with Gasteiger partial charge in [0.15, 0.2) is 23.3 Å². The van der Waals surface area contributed by atoms with Crippen LogP contribution in [0.2, 0.25) is 0 Å². The number of ether oxygens (including phenoxy) is 1. The minimum absolute atomic E-state index is 0.0393. The van der Waals surface area contributed by atoms with Gasteiger partial charge in [0.05, 0.1) is 13.2 Å². The lowest BCUT2D eigenvalue weighted by Gasteiger charge is -2.57. The maximum atomic E-state index is 15.3. The van der Waals surface area contributed by atoms with Crippen LogP contribution in [0.15, 0.2) is 85.0 Å². The van der Waals surface area contributed by atoms with E-state index < -0.39 is 34.1 Å². The average molecular weight is 923 g/mol. The zero-order valence-corrected chi connectivity index (χ0v) is 41.7. The zero-order valence-electron chi connectivity index (χ0n) is 41.7. The summed E-state index contributed by atoms with van der Waals surface area (Å²) in [6.45, 7) is 5.64. The number of hydrogen-bond donors (Lipinski definition) is 0. The van der Waals surface area contributed by atoms with E-state index in [4.69, 9.17) is 4.74 Å². The highest BCUT2D eigenvalue weighted by molar-refractivity contribution is 5.46. The van der Waals surface area contributed by atoms with Crippen LogP contribution >= 0.6 is 0 Å². The Labute approximate surface area is 404 Å². The third-order valence-electron chi connectivity index (χ3n) is 19.2. The van der Waals surface area contributed by atoms with Gasteiger partial charge in [0.2, 0.25) is 0 Å². The highest BCUT2D eigenvalue weighted by Gasteiger charge is 2.56. The lowest BCUT2D eigenvalue weighted by molar-refractivity contribution is 0.00995. The van der Waals surface area contributed by atoms with Crippen LogP contribution in [0.5, 0.6) is 0 Å². The number of halogens is 4. The van der Waals surface area contributed by atoms with E-state index >= 15 is 8.78 Å². The molecule has 67 heavy (non-hydrogen) atoms. The molecule has 6 aliphatic carbocycles. The van der Waals surface area contributed by atoms with E-state index in [-0.39, 0.29) is 22.7 Å². The molecule has 0 radical (unpaired) electrons. The van der Waals surface area contributed by atoms with Crippen LogP contribution in [0.25, 0.3) is 0 Å². The highest BCUT2D eigenvalue weighted by atomic mass is 19.2. The molecule has 0 atom stereocenters. The Morgan fingerprint density at radius 2 is 0.821 bits per heavy atom. The van der Waals surface area contributed by atoms with Gasteiger partial charge in [-0.2, -0.15) is 0 Å². The molecule has 2 aromatic carbocycles. The second-order valence-electron chi connectivity index (χ2n) is 22.9. The number of hydrogen-bond acceptors (Lipinski definition) is 1. The molecule has 0 heterocycles. The first-order chi connectivity index (χ1) is 32.7. The van der Waals surface area contributed by atoms with E-state index in [1.54, 1.807) is 0 Å². The maximum Gasteiger partial charge on any atom is 0.159 e. The van der Waals surface area contributed by atoms with Crippen molar-refractivity contribution in [2.75, 3.05) is 13.2 Å². The van der Waals surface area contributed by atoms with Crippen LogP contribution in [-0.2, 0) is 15.6 Å². The predicted octanol–water partition coefficient (Wildman–Crippen LogP) is 18.4. The molecule has 4 fully saturated rings. The molecule has 0 unspecified atom stereocenters. The molecule has 0 N–H and O–H groups in total. The van der Waals surface area contributed by atoms with Gasteiger partial charge < -0.3 is 4.74 Å². The van der Waals surface area contributed by atoms with Crippen molar-refractivity contribution in [1.29, 1.82) is 0 Å². The van der Waals surface area contributed by atoms with E-state index in [1.165, 1.54) is 178 Å². The van der Waals surface area contributed by atoms with Crippen molar-refractivity contribution in [3.05, 3.63) is 119 Å². The summed E-state index contributed by atoms with van der Waals surface area (Å²) in [4.78, 5) is 0. The fourth-order valence-corrected chi connectivity index (χ4v) is 15.4. The molecule has 368 valence electrons. The zero-order chi connectivity index (χ0) is 46.7. The molecule has 0 bridgehead atoms. The largest absolute Gasteiger partial charge is 0.380 e. The summed E-state index contributed by atoms with van der Waals surface area (Å²) < 4.78 is 66.3. The van der Waals surface area contributed by atoms with Crippen LogP contribution in [0.4, 0.5) is 17.6 Å². The molecule has 5 heteroatoms. The van der Waals surface area contributed by atoms with Gasteiger partial charge in [0.1, 0.15) is 0 Å². The first kappa shape index (κ1) is 50.5. The Balaban J connectivity index is 0.976. The quantitative estimate of drug-likeness (QED) is 0.0730. The van der Waals surface area contributed by atoms with Gasteiger partial charge in [-0.25, -0.2) is 17.6 Å². The van der Waals surface area contributed by atoms with Crippen molar-refractivity contribution in [1.82, 2.24) is 0 Å². The standard InChI is InChI=1S/C62H86F4O/c1-3-5-7-11-17-47-19-23-51(24-20-47)59(35-13-9-14-36-59)61(53-27-29-55(63)57(65)43-53)39-31-49(32-40-61)45-67-46-50-33-41-62(42-34-50,54-28-30-56(64)58(66)44-54)60(37-15-10-16-38-60)52-25-21-48(22-26-52)18-12-8-6-4-2/h27-34,39-44,47-52H,3-26,35-38,45-46H2,1-2H3. The van der Waals surface area contributed by atoms with Crippen LogP contribution in [-0.4, -0.2) is 13.2 Å². The molecule has 6 aliphatic rings. The summed E-state index contributed by atoms with van der Waals surface area (Å²) in [5, 5.41) is 0. The Bertz CT molecular complexity index is 1810. The van der Waals surface area contributed by atoms with Crippen LogP contribution in [0, 0.1) is 69.6 Å². The summed E-state index contributed by atoms with van der Waals surface area (Å²) in [5.41, 5.74) is 0.686. The average Bonchev–Trinajstić information content (AvgIpc) is 3.37. The van der Waals surface area contributed by atoms with E-state index in [2.05, 4.69) is 62.5 Å². The SMILES string of the molecule is CCCCCCC1CCC(C2(C3(c4ccc(F)c(F)c4)C=CC(COCC4C=CC(c5ccc(F)c(F)c5)(C5(C6CCC(CCCCCC)CC6)CCCCC5)C=C4)C=C3)CCCCC2)CC1. The molecule has 0 aliphatic heterocycles. The Hall–Kier alpha value is -2.92. The molecule has 4 saturated carbocycles. The third-order valence-corrected chi connectivity index (χ3v) is 19.2. The van der Waals surface area contributed by atoms with E-state index in [9.17, 15) is 8.78 Å². The van der Waals surface area contributed by atoms with Crippen molar-refractivity contribution in [2.45, 2.75) is 204 Å². The van der Waals surface area contributed by atoms with Gasteiger partial charge in [-0.3, -0.25) is 0 Å². The topological polar surface area (TPSA) is 9.23 Å². The van der Waals surface area contributed by atoms with Gasteiger partial charge in [0.25, 0.3) is 0 Å². The molecular formula is C62H86F4O. The number of allylic oxidation sites excluding steroid dienone is 4. The van der Waals surface area contributed by atoms with Gasteiger partial charge in [-0.15, -0.1) is 0 Å². The van der Waals surface area contributed by atoms with Crippen LogP contribution < -0.4 is 0 Å². The Morgan fingerprint density at radius 3 is 1.16 bits per heavy atom. The fraction of sp³-hybridized carbons (Fsp3) is 0.677. The number of benzene rings is 2. The van der Waals surface area contributed by atoms with Crippen LogP contribution in [0.3, 0.4) is 0 Å². The van der Waals surface area contributed by atoms with Crippen molar-refractivity contribution in [3.8, 4) is 0 Å². The van der Waals surface area contributed by atoms with Crippen molar-refractivity contribution < 1.29 is 22.3 Å². The minimum Gasteiger partial charge on any atom is -0.380 e. The molecule has 8 rings (SSSR count). The van der Waals surface area contributed by atoms with Crippen molar-refractivity contribution >= 4 is 0 Å². The normalized spacial score (nSPS) is 31.6. The number of unbranched alkanes of at least 4 members (excludes halogenated alkanes) is 6. The smallest absolute Gasteiger partial charge is 0.159 e. The molecule has 0 saturated heterocycles. The van der Waals surface area contributed by atoms with E-state index in [1.807, 2.05) is 12.1 Å². The molecule has 0 amide bonds. The van der Waals surface area contributed by atoms with Crippen molar-refractivity contribution in [3.63, 3.8) is 0 Å². The molecular weight excluding hydrogens is 837 g/mol. The molecule has 0 aromatic heterocycles. The summed E-state index contributed by atoms with van der Waals surface area (Å²) in [5.74, 6) is -0.238. The van der Waals surface area contributed by atoms with Gasteiger partial charge >= 0.3 is 0 Å². The Kier molecular flexibility index (Phi) is 17.6. The molecule has 0 spiro atoms. The second kappa shape index (κ2) is 23.3. The molecule has 2 aromatic rings. The predicted molar refractivity (Wildman–Crippen MR) is 270 cm³/mol. The Morgan fingerprint density at radius 1 is 0.448 bits per heavy atom. The minimum atomic E-state index is -0.785. The maximum absolute atomic E-state index is 15.3. The summed E-state index contributed by atoms with van der Waals surface area (Å²) in [6, 6.07) is 9.40. The van der Waals surface area contributed by atoms with Gasteiger partial charge in [-0.05, 0) is 121 Å². The number of rotatable bonds is 20. The lowest BCUT2D eigenvalue weighted by atomic mass is 9.46. The van der Waals surface area contributed by atoms with Crippen molar-refractivity contribution in [2.24, 2.45) is 46.3 Å². The first-order valence-corrected chi connectivity index (χ1v) is 27.9. The second-order valence-corrected chi connectivity index (χ2v) is 22.9. The monoisotopic (exact) mass is 923 g/mol. The van der Waals surface area contributed by atoms with Crippen LogP contribution in [0.1, 0.15) is 205 Å². The summed E-state index contributed by atoms with van der Waals surface area (Å²) in [6.07, 6.45) is 53.7. The molecule has 1 nitrogen and oxygen atoms in total. The van der Waals surface area contributed by atoms with E-state index in [0.717, 1.165) is 48.6 Å². The first-order valence-electron chi connectivity index (χ1n) is 27.9. The van der Waals surface area contributed by atoms with Gasteiger partial charge in [0, 0.05) is 22.7 Å². The fourth-order valence-electron chi connectivity index (χ4n) is 15.4. The third kappa shape index (κ3) is 10.9.